The average molecular weight is 620 g/mol. The van der Waals surface area contributed by atoms with Gasteiger partial charge in [-0.25, -0.2) is 9.98 Å². The van der Waals surface area contributed by atoms with Gasteiger partial charge in [-0.2, -0.15) is 13.2 Å². The topological polar surface area (TPSA) is 118 Å². The molecule has 4 aromatic rings. The fraction of sp³-hybridized carbons (Fsp3) is 0.281. The lowest BCUT2D eigenvalue weighted by Crippen LogP contribution is -2.49. The van der Waals surface area contributed by atoms with Gasteiger partial charge in [0.25, 0.3) is 5.56 Å². The highest BCUT2D eigenvalue weighted by Crippen LogP contribution is 2.39. The number of methoxy groups -OCH3 is 1. The fourth-order valence-electron chi connectivity index (χ4n) is 5.40. The molecule has 1 amide bonds. The number of piperazine rings is 1. The Labute approximate surface area is 256 Å². The van der Waals surface area contributed by atoms with E-state index in [9.17, 15) is 22.8 Å². The van der Waals surface area contributed by atoms with E-state index >= 15 is 0 Å². The number of amides is 1. The van der Waals surface area contributed by atoms with Gasteiger partial charge in [0, 0.05) is 68.2 Å². The van der Waals surface area contributed by atoms with Crippen molar-refractivity contribution in [2.45, 2.75) is 19.5 Å². The Morgan fingerprint density at radius 3 is 2.56 bits per heavy atom. The zero-order valence-corrected chi connectivity index (χ0v) is 24.8. The van der Waals surface area contributed by atoms with Crippen molar-refractivity contribution >= 4 is 51.7 Å². The number of fused-ring (bicyclic) bond motifs is 3. The Hall–Kier alpha value is -5.04. The van der Waals surface area contributed by atoms with Crippen molar-refractivity contribution < 1.29 is 22.7 Å². The van der Waals surface area contributed by atoms with Crippen LogP contribution in [0.2, 0.25) is 0 Å². The number of aliphatic imine (C=N–C) groups is 2. The Kier molecular flexibility index (Phi) is 9.00. The predicted molar refractivity (Wildman–Crippen MR) is 170 cm³/mol. The summed E-state index contributed by atoms with van der Waals surface area (Å²) in [6, 6.07) is 12.2. The highest BCUT2D eigenvalue weighted by atomic mass is 19.4. The first kappa shape index (κ1) is 31.4. The van der Waals surface area contributed by atoms with Crippen LogP contribution in [-0.4, -0.2) is 72.9 Å². The molecule has 2 N–H and O–H groups in total. The fourth-order valence-corrected chi connectivity index (χ4v) is 5.40. The molecule has 0 spiro atoms. The van der Waals surface area contributed by atoms with E-state index in [0.29, 0.717) is 34.9 Å². The van der Waals surface area contributed by atoms with Crippen LogP contribution in [0.5, 0.6) is 0 Å². The van der Waals surface area contributed by atoms with Gasteiger partial charge < -0.3 is 20.3 Å². The Bertz CT molecular complexity index is 1890. The molecule has 10 nitrogen and oxygen atoms in total. The number of nitrogens with zero attached hydrogens (tertiary/aromatic N) is 6. The number of alkyl halides is 3. The van der Waals surface area contributed by atoms with Gasteiger partial charge in [-0.05, 0) is 61.2 Å². The average Bonchev–Trinajstić information content (AvgIpc) is 3.04. The van der Waals surface area contributed by atoms with E-state index in [2.05, 4.69) is 21.7 Å². The number of halogens is 3. The third-order valence-corrected chi connectivity index (χ3v) is 7.76. The molecule has 5 rings (SSSR count). The summed E-state index contributed by atoms with van der Waals surface area (Å²) in [5.41, 5.74) is 6.77. The molecule has 1 aliphatic heterocycles. The monoisotopic (exact) mass is 619 g/mol. The van der Waals surface area contributed by atoms with Gasteiger partial charge in [0.1, 0.15) is 0 Å². The van der Waals surface area contributed by atoms with Crippen LogP contribution in [0.3, 0.4) is 0 Å². The van der Waals surface area contributed by atoms with Gasteiger partial charge in [0.05, 0.1) is 35.3 Å². The zero-order chi connectivity index (χ0) is 32.3. The number of carbonyl (C=O) groups excluding carboxylic acids is 1. The molecule has 0 bridgehead atoms. The number of anilines is 1. The smallest absolute Gasteiger partial charge is 0.384 e. The van der Waals surface area contributed by atoms with Crippen LogP contribution in [0.15, 0.2) is 75.7 Å². The highest BCUT2D eigenvalue weighted by Gasteiger charge is 2.36. The van der Waals surface area contributed by atoms with Gasteiger partial charge in [0.15, 0.2) is 0 Å². The Morgan fingerprint density at radius 1 is 1.11 bits per heavy atom. The molecule has 2 aromatic heterocycles. The maximum atomic E-state index is 14.6. The van der Waals surface area contributed by atoms with E-state index in [4.69, 9.17) is 10.5 Å². The molecular formula is C32H32F3N7O3. The van der Waals surface area contributed by atoms with Crippen LogP contribution in [0.25, 0.3) is 33.1 Å². The summed E-state index contributed by atoms with van der Waals surface area (Å²) in [5, 5.41) is 1.15. The first-order chi connectivity index (χ1) is 21.5. The number of pyridine rings is 2. The van der Waals surface area contributed by atoms with Crippen LogP contribution >= 0.6 is 0 Å². The number of benzene rings is 2. The number of hydrogen-bond acceptors (Lipinski definition) is 6. The van der Waals surface area contributed by atoms with Gasteiger partial charge in [-0.3, -0.25) is 19.1 Å². The third kappa shape index (κ3) is 6.58. The molecule has 45 heavy (non-hydrogen) atoms. The molecule has 0 unspecified atom stereocenters. The minimum atomic E-state index is -4.70. The summed E-state index contributed by atoms with van der Waals surface area (Å²) in [7, 11) is 1.51. The van der Waals surface area contributed by atoms with E-state index in [1.165, 1.54) is 36.1 Å². The Morgan fingerprint density at radius 2 is 1.87 bits per heavy atom. The number of carbonyl (C=O) groups is 1. The molecule has 0 radical (unpaired) electrons. The number of nitrogens with two attached hydrogens (primary N) is 1. The van der Waals surface area contributed by atoms with Crippen molar-refractivity contribution in [2.75, 3.05) is 44.8 Å². The van der Waals surface area contributed by atoms with E-state index in [1.807, 2.05) is 19.1 Å². The molecule has 0 aliphatic carbocycles. The molecule has 2 aromatic carbocycles. The lowest BCUT2D eigenvalue weighted by atomic mass is 10.0. The van der Waals surface area contributed by atoms with Gasteiger partial charge >= 0.3 is 6.18 Å². The first-order valence-electron chi connectivity index (χ1n) is 14.2. The van der Waals surface area contributed by atoms with Crippen molar-refractivity contribution in [1.82, 2.24) is 14.5 Å². The zero-order valence-electron chi connectivity index (χ0n) is 24.8. The molecule has 0 atom stereocenters. The minimum Gasteiger partial charge on any atom is -0.384 e. The maximum Gasteiger partial charge on any atom is 0.418 e. The normalized spacial score (nSPS) is 14.8. The standard InChI is InChI=1S/C32H32F3N7O3/c1-20(18-39-31(36)37-2)21-4-7-26-24(16-21)30-22(19-38-26)5-9-29(44)42(30)23-6-8-27(25(17-23)32(33,34)35)40-11-13-41(14-12-40)28(43)10-15-45-3/h4-9,16-19H,2,10-15H2,1,3H3,(H2,36,39)/b20-18+. The van der Waals surface area contributed by atoms with E-state index in [1.54, 1.807) is 28.1 Å². The molecule has 1 saturated heterocycles. The van der Waals surface area contributed by atoms with E-state index in [0.717, 1.165) is 17.2 Å². The Balaban J connectivity index is 1.60. The van der Waals surface area contributed by atoms with E-state index < -0.39 is 17.3 Å². The summed E-state index contributed by atoms with van der Waals surface area (Å²) in [4.78, 5) is 41.1. The van der Waals surface area contributed by atoms with Crippen LogP contribution < -0.4 is 16.2 Å². The molecular weight excluding hydrogens is 587 g/mol. The number of aromatic nitrogens is 2. The minimum absolute atomic E-state index is 0.00236. The van der Waals surface area contributed by atoms with Gasteiger partial charge in [0.2, 0.25) is 11.9 Å². The lowest BCUT2D eigenvalue weighted by molar-refractivity contribution is -0.137. The third-order valence-electron chi connectivity index (χ3n) is 7.76. The van der Waals surface area contributed by atoms with Crippen molar-refractivity contribution in [2.24, 2.45) is 15.7 Å². The second-order valence-corrected chi connectivity index (χ2v) is 10.6. The van der Waals surface area contributed by atoms with Crippen LogP contribution in [0.4, 0.5) is 18.9 Å². The molecule has 234 valence electrons. The lowest BCUT2D eigenvalue weighted by Gasteiger charge is -2.37. The van der Waals surface area contributed by atoms with Crippen LogP contribution in [0, 0.1) is 0 Å². The quantitative estimate of drug-likeness (QED) is 0.183. The summed E-state index contributed by atoms with van der Waals surface area (Å²) in [5.74, 6) is -0.100. The SMILES string of the molecule is C=NC(N)=N/C=C(\C)c1ccc2ncc3ccc(=O)n(-c4ccc(N5CCN(C(=O)CCOC)CC5)c(C(F)(F)F)c4)c3c2c1. The predicted octanol–water partition coefficient (Wildman–Crippen LogP) is 4.62. The highest BCUT2D eigenvalue weighted by molar-refractivity contribution is 6.05. The number of hydrogen-bond donors (Lipinski definition) is 1. The number of rotatable bonds is 7. The van der Waals surface area contributed by atoms with Crippen molar-refractivity contribution in [3.05, 3.63) is 82.4 Å². The number of guanidine groups is 1. The summed E-state index contributed by atoms with van der Waals surface area (Å²) in [6.45, 7) is 6.50. The van der Waals surface area contributed by atoms with Crippen LogP contribution in [0.1, 0.15) is 24.5 Å². The molecule has 1 aliphatic rings. The molecule has 0 saturated carbocycles. The number of allylic oxidation sites excluding steroid dienone is 1. The van der Waals surface area contributed by atoms with E-state index in [-0.39, 0.29) is 49.4 Å². The van der Waals surface area contributed by atoms with Crippen molar-refractivity contribution in [3.8, 4) is 5.69 Å². The summed E-state index contributed by atoms with van der Waals surface area (Å²) < 4.78 is 50.0. The van der Waals surface area contributed by atoms with Gasteiger partial charge in [-0.1, -0.05) is 6.07 Å². The molecule has 1 fully saturated rings. The molecule has 13 heteroatoms. The van der Waals surface area contributed by atoms with Crippen molar-refractivity contribution in [1.29, 1.82) is 0 Å². The molecule has 3 heterocycles. The van der Waals surface area contributed by atoms with Crippen molar-refractivity contribution in [3.63, 3.8) is 0 Å². The second-order valence-electron chi connectivity index (χ2n) is 10.6. The maximum absolute atomic E-state index is 14.6. The van der Waals surface area contributed by atoms with Gasteiger partial charge in [-0.15, -0.1) is 0 Å². The largest absolute Gasteiger partial charge is 0.418 e. The first-order valence-corrected chi connectivity index (χ1v) is 14.2. The van der Waals surface area contributed by atoms with Crippen LogP contribution in [-0.2, 0) is 15.7 Å². The summed E-state index contributed by atoms with van der Waals surface area (Å²) >= 11 is 0. The number of ether oxygens (including phenoxy) is 1. The summed E-state index contributed by atoms with van der Waals surface area (Å²) in [6.07, 6.45) is -1.37. The second kappa shape index (κ2) is 12.9.